The van der Waals surface area contributed by atoms with Gasteiger partial charge in [-0.05, 0) is 30.2 Å². The number of hydrogen-bond acceptors (Lipinski definition) is 0. The Labute approximate surface area is 242 Å². The molecule has 0 saturated carbocycles. The van der Waals surface area contributed by atoms with Crippen molar-refractivity contribution >= 4 is 69.2 Å². The Morgan fingerprint density at radius 1 is 0.281 bits per heavy atom. The zero-order chi connectivity index (χ0) is 25.7. The summed E-state index contributed by atoms with van der Waals surface area (Å²) in [4.78, 5) is 0. The van der Waals surface area contributed by atoms with Crippen LogP contribution in [0.15, 0.2) is 0 Å². The molecular formula is C27H63LiSi3Sn. The summed E-state index contributed by atoms with van der Waals surface area (Å²) >= 11 is 0. The molecule has 0 aromatic rings. The third-order valence-corrected chi connectivity index (χ3v) is 20.2. The van der Waals surface area contributed by atoms with E-state index in [1.807, 2.05) is 0 Å². The van der Waals surface area contributed by atoms with Gasteiger partial charge in [-0.15, -0.1) is 0 Å². The van der Waals surface area contributed by atoms with Crippen LogP contribution in [-0.4, -0.2) is 69.2 Å². The van der Waals surface area contributed by atoms with Gasteiger partial charge in [-0.3, -0.25) is 0 Å². The monoisotopic (exact) mass is 598 g/mol. The van der Waals surface area contributed by atoms with Crippen molar-refractivity contribution in [2.24, 2.45) is 0 Å². The molecule has 0 amide bonds. The molecule has 8 radical (unpaired) electrons. The fourth-order valence-electron chi connectivity index (χ4n) is 3.38. The molecule has 0 aromatic carbocycles. The first-order chi connectivity index (χ1) is 12.5. The van der Waals surface area contributed by atoms with Crippen LogP contribution in [0.2, 0.25) is 49.9 Å². The van der Waals surface area contributed by atoms with Gasteiger partial charge in [-0.1, -0.05) is 144 Å². The first-order valence-electron chi connectivity index (χ1n) is 12.0. The summed E-state index contributed by atoms with van der Waals surface area (Å²) in [6.45, 7) is 49.7. The Morgan fingerprint density at radius 2 is 0.344 bits per heavy atom. The van der Waals surface area contributed by atoms with E-state index >= 15 is 0 Å². The molecule has 0 bridgehead atoms. The van der Waals surface area contributed by atoms with Crippen molar-refractivity contribution in [3.63, 3.8) is 0 Å². The predicted octanol–water partition coefficient (Wildman–Crippen LogP) is 10.4. The molecule has 0 heterocycles. The van der Waals surface area contributed by atoms with Gasteiger partial charge in [0.05, 0.1) is 26.4 Å². The molecule has 0 aliphatic heterocycles. The van der Waals surface area contributed by atoms with Crippen molar-refractivity contribution in [1.29, 1.82) is 0 Å². The van der Waals surface area contributed by atoms with Crippen LogP contribution >= 0.6 is 0 Å². The predicted molar refractivity (Wildman–Crippen MR) is 165 cm³/mol. The van der Waals surface area contributed by atoms with Gasteiger partial charge >= 0.3 is 0 Å². The maximum atomic E-state index is 2.44. The first kappa shape index (κ1) is 44.1. The summed E-state index contributed by atoms with van der Waals surface area (Å²) in [5.41, 5.74) is 0. The van der Waals surface area contributed by atoms with Gasteiger partial charge in [-0.2, -0.15) is 0 Å². The summed E-state index contributed by atoms with van der Waals surface area (Å²) in [5, 5.41) is 3.27. The van der Waals surface area contributed by atoms with E-state index in [9.17, 15) is 0 Å². The third kappa shape index (κ3) is 21.3. The minimum Gasteiger partial charge on any atom is -0.0703 e. The summed E-state index contributed by atoms with van der Waals surface area (Å²) < 4.78 is 0. The van der Waals surface area contributed by atoms with Gasteiger partial charge in [0.1, 0.15) is 0 Å². The molecule has 0 nitrogen and oxygen atoms in total. The average molecular weight is 598 g/mol. The maximum absolute atomic E-state index is 2.44. The van der Waals surface area contributed by atoms with E-state index in [0.29, 0.717) is 30.2 Å². The Hall–Kier alpha value is 2.05. The summed E-state index contributed by atoms with van der Waals surface area (Å²) in [5.74, 6) is 0. The van der Waals surface area contributed by atoms with Crippen LogP contribution in [0.5, 0.6) is 0 Å². The molecule has 0 fully saturated rings. The molecule has 0 atom stereocenters. The number of rotatable bonds is 0. The van der Waals surface area contributed by atoms with Gasteiger partial charge in [0.15, 0.2) is 0 Å². The van der Waals surface area contributed by atoms with Crippen molar-refractivity contribution in [3.05, 3.63) is 0 Å². The van der Waals surface area contributed by atoms with Crippen LogP contribution in [-0.2, 0) is 0 Å². The topological polar surface area (TPSA) is 0 Å². The molecular weight excluding hydrogens is 534 g/mol. The van der Waals surface area contributed by atoms with E-state index < -0.39 is 0 Å². The fourth-order valence-corrected chi connectivity index (χ4v) is 10.1. The van der Waals surface area contributed by atoms with E-state index in [-0.39, 0.29) is 69.2 Å². The molecule has 0 N–H and O–H groups in total. The SMILES string of the molecule is C[Si](C(C)(C)C)C(C)(C)C.C[Si](C(C)(C)C)C(C)(C)C.C[Si](C(C)(C)C)C(C)(C)C.[Li].[Sn]. The summed E-state index contributed by atoms with van der Waals surface area (Å²) in [6.07, 6.45) is 0. The molecule has 0 aromatic heterocycles. The average Bonchev–Trinajstić information content (AvgIpc) is 2.40. The summed E-state index contributed by atoms with van der Waals surface area (Å²) in [6, 6.07) is 0. The molecule has 0 unspecified atom stereocenters. The van der Waals surface area contributed by atoms with Crippen molar-refractivity contribution in [3.8, 4) is 0 Å². The second-order valence-electron chi connectivity index (χ2n) is 15.4. The van der Waals surface area contributed by atoms with Crippen molar-refractivity contribution < 1.29 is 0 Å². The first-order valence-corrected chi connectivity index (χ1v) is 18.0. The summed E-state index contributed by atoms with van der Waals surface area (Å²) in [7, 11) is -0.662. The van der Waals surface area contributed by atoms with Crippen LogP contribution in [0, 0.1) is 0 Å². The van der Waals surface area contributed by atoms with Gasteiger partial charge < -0.3 is 0 Å². The van der Waals surface area contributed by atoms with E-state index in [2.05, 4.69) is 144 Å². The second kappa shape index (κ2) is 15.3. The van der Waals surface area contributed by atoms with Crippen molar-refractivity contribution in [1.82, 2.24) is 0 Å². The fraction of sp³-hybridized carbons (Fsp3) is 1.00. The molecule has 0 aliphatic rings. The smallest absolute Gasteiger partial charge is 0.0561 e. The van der Waals surface area contributed by atoms with E-state index in [4.69, 9.17) is 0 Å². The molecule has 0 spiro atoms. The van der Waals surface area contributed by atoms with Crippen LogP contribution in [0.25, 0.3) is 0 Å². The van der Waals surface area contributed by atoms with E-state index in [1.165, 1.54) is 0 Å². The van der Waals surface area contributed by atoms with Crippen LogP contribution in [0.3, 0.4) is 0 Å². The maximum Gasteiger partial charge on any atom is 0.0561 e. The van der Waals surface area contributed by atoms with Crippen molar-refractivity contribution in [2.75, 3.05) is 0 Å². The minimum absolute atomic E-state index is 0. The Balaban J connectivity index is -0.000000110. The van der Waals surface area contributed by atoms with Gasteiger partial charge in [0.2, 0.25) is 0 Å². The molecule has 0 saturated heterocycles. The second-order valence-corrected chi connectivity index (χ2v) is 28.1. The van der Waals surface area contributed by atoms with Crippen LogP contribution in [0.1, 0.15) is 125 Å². The largest absolute Gasteiger partial charge is 0.0703 e. The van der Waals surface area contributed by atoms with Crippen molar-refractivity contribution in [2.45, 2.75) is 174 Å². The van der Waals surface area contributed by atoms with E-state index in [1.54, 1.807) is 0 Å². The number of hydrogen-bond donors (Lipinski definition) is 0. The quantitative estimate of drug-likeness (QED) is 0.244. The standard InChI is InChI=1S/3C9H21Si.Li.Sn/c3*1-8(2,3)10(7)9(4,5)6;;/h3*1-7H3;;. The zero-order valence-corrected chi connectivity index (χ0v) is 32.9. The Bertz CT molecular complexity index is 351. The molecule has 0 rings (SSSR count). The van der Waals surface area contributed by atoms with Gasteiger partial charge in [0.25, 0.3) is 0 Å². The van der Waals surface area contributed by atoms with Gasteiger partial charge in [-0.25, -0.2) is 0 Å². The molecule has 0 aliphatic carbocycles. The Morgan fingerprint density at radius 3 is 0.344 bits per heavy atom. The van der Waals surface area contributed by atoms with Crippen LogP contribution < -0.4 is 0 Å². The molecule has 188 valence electrons. The molecule has 32 heavy (non-hydrogen) atoms. The zero-order valence-electron chi connectivity index (χ0n) is 27.0. The molecule has 5 heteroatoms. The van der Waals surface area contributed by atoms with Crippen LogP contribution in [0.4, 0.5) is 0 Å². The third-order valence-electron chi connectivity index (χ3n) is 6.75. The Kier molecular flexibility index (Phi) is 21.1. The minimum atomic E-state index is -0.221. The van der Waals surface area contributed by atoms with Gasteiger partial charge in [0, 0.05) is 42.8 Å². The van der Waals surface area contributed by atoms with E-state index in [0.717, 1.165) is 0 Å². The normalized spacial score (nSPS) is 13.5.